The molecule has 2 aliphatic carbocycles. The summed E-state index contributed by atoms with van der Waals surface area (Å²) in [5.41, 5.74) is 0.809. The van der Waals surface area contributed by atoms with Crippen LogP contribution in [0, 0.1) is 11.8 Å². The number of likely N-dealkylation sites (tertiary alicyclic amines) is 1. The average Bonchev–Trinajstić information content (AvgIpc) is 2.87. The number of amides is 1. The van der Waals surface area contributed by atoms with Crippen LogP contribution in [0.4, 0.5) is 10.5 Å². The predicted octanol–water partition coefficient (Wildman–Crippen LogP) is 2.86. The molecule has 2 saturated carbocycles. The van der Waals surface area contributed by atoms with Gasteiger partial charge in [-0.15, -0.1) is 0 Å². The molecule has 0 radical (unpaired) electrons. The van der Waals surface area contributed by atoms with Crippen LogP contribution in [-0.4, -0.2) is 31.3 Å². The second-order valence-corrected chi connectivity index (χ2v) is 7.76. The highest BCUT2D eigenvalue weighted by molar-refractivity contribution is 5.84. The zero-order valence-corrected chi connectivity index (χ0v) is 14.4. The van der Waals surface area contributed by atoms with Crippen molar-refractivity contribution in [3.63, 3.8) is 0 Å². The van der Waals surface area contributed by atoms with Gasteiger partial charge in [-0.25, -0.2) is 4.79 Å². The Balaban J connectivity index is 1.40. The van der Waals surface area contributed by atoms with Gasteiger partial charge >= 0.3 is 6.09 Å². The standard InChI is InChI=1S/C20H28N2O2/c23-20(21-16-7-3-1-4-8-16)24-19-15-9-11-17(19)18(12-10-15)22-13-5-2-6-14-22/h1,3-4,7-8,15,17-19H,2,5-6,9-14H2,(H,21,23)/p+1/t15-,17+,18+,19-/m0/s1. The van der Waals surface area contributed by atoms with Gasteiger partial charge in [0.05, 0.1) is 19.1 Å². The van der Waals surface area contributed by atoms with E-state index in [4.69, 9.17) is 4.74 Å². The third-order valence-electron chi connectivity index (χ3n) is 6.41. The fraction of sp³-hybridized carbons (Fsp3) is 0.650. The van der Waals surface area contributed by atoms with E-state index in [2.05, 4.69) is 5.32 Å². The Morgan fingerprint density at radius 2 is 1.75 bits per heavy atom. The fourth-order valence-corrected chi connectivity index (χ4v) is 5.29. The van der Waals surface area contributed by atoms with Crippen molar-refractivity contribution in [2.45, 2.75) is 57.1 Å². The molecule has 2 N–H and O–H groups in total. The number of nitrogens with one attached hydrogen (secondary N) is 2. The number of carbonyl (C=O) groups excluding carboxylic acids is 1. The van der Waals surface area contributed by atoms with Crippen molar-refractivity contribution >= 4 is 11.8 Å². The highest BCUT2D eigenvalue weighted by Gasteiger charge is 2.50. The van der Waals surface area contributed by atoms with E-state index in [9.17, 15) is 4.79 Å². The lowest BCUT2D eigenvalue weighted by atomic mass is 9.81. The van der Waals surface area contributed by atoms with E-state index in [1.165, 1.54) is 58.0 Å². The molecule has 1 aromatic rings. The summed E-state index contributed by atoms with van der Waals surface area (Å²) in [4.78, 5) is 14.1. The van der Waals surface area contributed by atoms with E-state index in [1.807, 2.05) is 30.3 Å². The number of piperidine rings is 1. The van der Waals surface area contributed by atoms with Crippen molar-refractivity contribution in [2.24, 2.45) is 11.8 Å². The summed E-state index contributed by atoms with van der Waals surface area (Å²) >= 11 is 0. The molecule has 0 unspecified atom stereocenters. The molecule has 3 fully saturated rings. The molecule has 4 atom stereocenters. The van der Waals surface area contributed by atoms with E-state index in [1.54, 1.807) is 4.90 Å². The molecule has 24 heavy (non-hydrogen) atoms. The van der Waals surface area contributed by atoms with E-state index in [0.717, 1.165) is 5.69 Å². The van der Waals surface area contributed by atoms with Gasteiger partial charge in [-0.1, -0.05) is 18.2 Å². The molecule has 4 heteroatoms. The second-order valence-electron chi connectivity index (χ2n) is 7.76. The Kier molecular flexibility index (Phi) is 4.74. The molecule has 3 aliphatic rings. The number of quaternary nitrogens is 1. The largest absolute Gasteiger partial charge is 0.445 e. The molecule has 1 aromatic carbocycles. The van der Waals surface area contributed by atoms with Crippen LogP contribution in [0.1, 0.15) is 44.9 Å². The number of benzene rings is 1. The van der Waals surface area contributed by atoms with Gasteiger partial charge in [0.2, 0.25) is 0 Å². The van der Waals surface area contributed by atoms with E-state index < -0.39 is 0 Å². The normalized spacial score (nSPS) is 33.2. The first kappa shape index (κ1) is 15.9. The molecule has 0 spiro atoms. The van der Waals surface area contributed by atoms with Crippen molar-refractivity contribution in [3.05, 3.63) is 30.3 Å². The first-order valence-electron chi connectivity index (χ1n) is 9.68. The first-order valence-corrected chi connectivity index (χ1v) is 9.68. The summed E-state index contributed by atoms with van der Waals surface area (Å²) in [7, 11) is 0. The molecule has 130 valence electrons. The zero-order valence-electron chi connectivity index (χ0n) is 14.4. The third kappa shape index (κ3) is 3.30. The van der Waals surface area contributed by atoms with Crippen LogP contribution >= 0.6 is 0 Å². The molecule has 1 heterocycles. The summed E-state index contributed by atoms with van der Waals surface area (Å²) in [6.45, 7) is 2.63. The Morgan fingerprint density at radius 1 is 1.00 bits per heavy atom. The van der Waals surface area contributed by atoms with Crippen LogP contribution in [0.2, 0.25) is 0 Å². The Morgan fingerprint density at radius 3 is 2.54 bits per heavy atom. The first-order chi connectivity index (χ1) is 11.8. The molecule has 4 rings (SSSR count). The van der Waals surface area contributed by atoms with Crippen LogP contribution in [0.5, 0.6) is 0 Å². The number of rotatable bonds is 3. The lowest BCUT2D eigenvalue weighted by molar-refractivity contribution is -0.935. The molecular formula is C20H29N2O2+. The van der Waals surface area contributed by atoms with E-state index >= 15 is 0 Å². The summed E-state index contributed by atoms with van der Waals surface area (Å²) in [5, 5.41) is 2.88. The topological polar surface area (TPSA) is 42.8 Å². The van der Waals surface area contributed by atoms with Gasteiger partial charge in [-0.2, -0.15) is 0 Å². The molecule has 4 nitrogen and oxygen atoms in total. The predicted molar refractivity (Wildman–Crippen MR) is 94.1 cm³/mol. The van der Waals surface area contributed by atoms with Crippen LogP contribution in [0.3, 0.4) is 0 Å². The number of anilines is 1. The zero-order chi connectivity index (χ0) is 16.4. The molecule has 0 aromatic heterocycles. The van der Waals surface area contributed by atoms with E-state index in [0.29, 0.717) is 17.9 Å². The number of para-hydroxylation sites is 1. The van der Waals surface area contributed by atoms with Crippen LogP contribution in [-0.2, 0) is 4.74 Å². The highest BCUT2D eigenvalue weighted by Crippen LogP contribution is 2.43. The monoisotopic (exact) mass is 329 g/mol. The third-order valence-corrected chi connectivity index (χ3v) is 6.41. The van der Waals surface area contributed by atoms with Crippen LogP contribution in [0.25, 0.3) is 0 Å². The number of fused-ring (bicyclic) bond motifs is 2. The smallest absolute Gasteiger partial charge is 0.411 e. The fourth-order valence-electron chi connectivity index (χ4n) is 5.29. The summed E-state index contributed by atoms with van der Waals surface area (Å²) in [5.74, 6) is 1.15. The van der Waals surface area contributed by atoms with Crippen molar-refractivity contribution in [3.8, 4) is 0 Å². The van der Waals surface area contributed by atoms with Gasteiger partial charge in [0.1, 0.15) is 6.10 Å². The van der Waals surface area contributed by atoms with Crippen LogP contribution < -0.4 is 10.2 Å². The molecule has 1 saturated heterocycles. The Labute approximate surface area is 144 Å². The van der Waals surface area contributed by atoms with Crippen molar-refractivity contribution in [2.75, 3.05) is 18.4 Å². The molecule has 1 aliphatic heterocycles. The van der Waals surface area contributed by atoms with Gasteiger partial charge in [0.15, 0.2) is 0 Å². The second kappa shape index (κ2) is 7.14. The molecule has 1 amide bonds. The maximum atomic E-state index is 12.3. The number of hydrogen-bond donors (Lipinski definition) is 2. The molecule has 2 bridgehead atoms. The highest BCUT2D eigenvalue weighted by atomic mass is 16.6. The maximum Gasteiger partial charge on any atom is 0.411 e. The van der Waals surface area contributed by atoms with E-state index in [-0.39, 0.29) is 12.2 Å². The Hall–Kier alpha value is -1.55. The minimum Gasteiger partial charge on any atom is -0.445 e. The quantitative estimate of drug-likeness (QED) is 0.895. The number of ether oxygens (including phenoxy) is 1. The summed E-state index contributed by atoms with van der Waals surface area (Å²) < 4.78 is 5.94. The minimum absolute atomic E-state index is 0.127. The lowest BCUT2D eigenvalue weighted by Gasteiger charge is -2.41. The number of carbonyl (C=O) groups is 1. The maximum absolute atomic E-state index is 12.3. The van der Waals surface area contributed by atoms with Crippen LogP contribution in [0.15, 0.2) is 30.3 Å². The van der Waals surface area contributed by atoms with Gasteiger partial charge < -0.3 is 9.64 Å². The van der Waals surface area contributed by atoms with Crippen molar-refractivity contribution in [1.29, 1.82) is 0 Å². The minimum atomic E-state index is -0.280. The molecular weight excluding hydrogens is 300 g/mol. The summed E-state index contributed by atoms with van der Waals surface area (Å²) in [6, 6.07) is 10.3. The van der Waals surface area contributed by atoms with Crippen molar-refractivity contribution in [1.82, 2.24) is 0 Å². The SMILES string of the molecule is O=C(Nc1ccccc1)O[C@H]1[C@H]2CC[C@@H]1[C@H]([NH+]1CCCCC1)CC2. The average molecular weight is 329 g/mol. The Bertz CT molecular complexity index is 556. The summed E-state index contributed by atoms with van der Waals surface area (Å²) in [6.07, 6.45) is 8.99. The van der Waals surface area contributed by atoms with Gasteiger partial charge in [0.25, 0.3) is 0 Å². The number of hydrogen-bond acceptors (Lipinski definition) is 2. The lowest BCUT2D eigenvalue weighted by Crippen LogP contribution is -3.17. The van der Waals surface area contributed by atoms with Gasteiger partial charge in [0, 0.05) is 18.0 Å². The van der Waals surface area contributed by atoms with Gasteiger partial charge in [-0.3, -0.25) is 5.32 Å². The van der Waals surface area contributed by atoms with Crippen molar-refractivity contribution < 1.29 is 14.4 Å². The van der Waals surface area contributed by atoms with Gasteiger partial charge in [-0.05, 0) is 56.6 Å².